The first kappa shape index (κ1) is 26.1. The number of carboxylic acid groups (broad SMARTS) is 1. The summed E-state index contributed by atoms with van der Waals surface area (Å²) in [4.78, 5) is 37.5. The van der Waals surface area contributed by atoms with Crippen molar-refractivity contribution in [2.24, 2.45) is 0 Å². The smallest absolute Gasteiger partial charge is 0.465 e. The van der Waals surface area contributed by atoms with Crippen LogP contribution in [0, 0.1) is 0 Å². The number of benzene rings is 2. The number of nitrogens with zero attached hydrogens (tertiary/aromatic N) is 1. The lowest BCUT2D eigenvalue weighted by molar-refractivity contribution is -0.274. The Labute approximate surface area is 204 Å². The first-order valence-corrected chi connectivity index (χ1v) is 11.1. The molecule has 12 heteroatoms. The topological polar surface area (TPSA) is 108 Å². The summed E-state index contributed by atoms with van der Waals surface area (Å²) < 4.78 is 42.4. The Balaban J connectivity index is 1.73. The molecule has 1 saturated heterocycles. The zero-order valence-electron chi connectivity index (χ0n) is 18.4. The zero-order chi connectivity index (χ0) is 25.6. The van der Waals surface area contributed by atoms with Crippen LogP contribution in [0.4, 0.5) is 23.7 Å². The molecule has 35 heavy (non-hydrogen) atoms. The molecule has 0 aromatic heterocycles. The van der Waals surface area contributed by atoms with Crippen LogP contribution in [0.5, 0.6) is 5.75 Å². The van der Waals surface area contributed by atoms with Crippen molar-refractivity contribution in [1.29, 1.82) is 0 Å². The summed E-state index contributed by atoms with van der Waals surface area (Å²) in [6.07, 6.45) is -4.27. The Kier molecular flexibility index (Phi) is 8.44. The van der Waals surface area contributed by atoms with Crippen LogP contribution in [0.1, 0.15) is 25.7 Å². The summed E-state index contributed by atoms with van der Waals surface area (Å²) >= 11 is 6.33. The van der Waals surface area contributed by atoms with Crippen LogP contribution in [0.2, 0.25) is 5.02 Å². The molecule has 1 aliphatic rings. The second kappa shape index (κ2) is 11.3. The van der Waals surface area contributed by atoms with Gasteiger partial charge in [-0.05, 0) is 37.5 Å². The number of carbonyl (C=O) groups is 3. The average Bonchev–Trinajstić information content (AvgIpc) is 2.78. The number of nitrogens with one attached hydrogen (secondary N) is 2. The molecule has 3 N–H and O–H groups in total. The Morgan fingerprint density at radius 2 is 1.86 bits per heavy atom. The van der Waals surface area contributed by atoms with Gasteiger partial charge in [0.25, 0.3) is 0 Å². The summed E-state index contributed by atoms with van der Waals surface area (Å²) in [5, 5.41) is 13.6. The van der Waals surface area contributed by atoms with Gasteiger partial charge in [0, 0.05) is 36.3 Å². The van der Waals surface area contributed by atoms with E-state index in [2.05, 4.69) is 15.4 Å². The number of hydrogen-bond donors (Lipinski definition) is 3. The fourth-order valence-corrected chi connectivity index (χ4v) is 4.14. The highest BCUT2D eigenvalue weighted by Crippen LogP contribution is 2.38. The fourth-order valence-electron chi connectivity index (χ4n) is 3.86. The highest BCUT2D eigenvalue weighted by Gasteiger charge is 2.33. The summed E-state index contributed by atoms with van der Waals surface area (Å²) in [5.74, 6) is -1.19. The first-order valence-electron chi connectivity index (χ1n) is 10.8. The molecular weight excluding hydrogens is 491 g/mol. The van der Waals surface area contributed by atoms with Gasteiger partial charge in [0.1, 0.15) is 11.8 Å². The number of piperidine rings is 1. The highest BCUT2D eigenvalue weighted by molar-refractivity contribution is 6.33. The van der Waals surface area contributed by atoms with Crippen LogP contribution >= 0.6 is 11.6 Å². The van der Waals surface area contributed by atoms with E-state index in [1.807, 2.05) is 0 Å². The third-order valence-electron chi connectivity index (χ3n) is 5.38. The number of anilines is 1. The van der Waals surface area contributed by atoms with Gasteiger partial charge >= 0.3 is 12.5 Å². The number of hydrogen-bond acceptors (Lipinski definition) is 4. The number of para-hydroxylation sites is 1. The minimum atomic E-state index is -4.87. The molecule has 0 unspecified atom stereocenters. The van der Waals surface area contributed by atoms with Gasteiger partial charge in [-0.3, -0.25) is 9.59 Å². The van der Waals surface area contributed by atoms with Gasteiger partial charge in [0.2, 0.25) is 11.8 Å². The van der Waals surface area contributed by atoms with Gasteiger partial charge in [-0.25, -0.2) is 4.79 Å². The predicted octanol–water partition coefficient (Wildman–Crippen LogP) is 4.88. The Morgan fingerprint density at radius 3 is 2.54 bits per heavy atom. The molecule has 1 fully saturated rings. The van der Waals surface area contributed by atoms with E-state index in [-0.39, 0.29) is 35.0 Å². The molecule has 2 aromatic carbocycles. The lowest BCUT2D eigenvalue weighted by Crippen LogP contribution is -2.50. The molecule has 0 radical (unpaired) electrons. The Hall–Kier alpha value is -3.47. The van der Waals surface area contributed by atoms with Gasteiger partial charge in [-0.1, -0.05) is 35.9 Å². The van der Waals surface area contributed by atoms with Crippen molar-refractivity contribution < 1.29 is 37.4 Å². The van der Waals surface area contributed by atoms with E-state index < -0.39 is 30.2 Å². The fraction of sp³-hybridized carbons (Fsp3) is 0.348. The van der Waals surface area contributed by atoms with Gasteiger partial charge < -0.3 is 25.4 Å². The molecule has 8 nitrogen and oxygen atoms in total. The lowest BCUT2D eigenvalue weighted by Gasteiger charge is -2.34. The van der Waals surface area contributed by atoms with Crippen molar-refractivity contribution in [2.75, 3.05) is 18.4 Å². The third kappa shape index (κ3) is 7.25. The number of ether oxygens (including phenoxy) is 1. The minimum absolute atomic E-state index is 0.0599. The molecule has 2 aromatic rings. The monoisotopic (exact) mass is 513 g/mol. The molecule has 188 valence electrons. The molecule has 0 saturated carbocycles. The molecule has 1 atom stereocenters. The zero-order valence-corrected chi connectivity index (χ0v) is 19.2. The molecule has 0 bridgehead atoms. The predicted molar refractivity (Wildman–Crippen MR) is 122 cm³/mol. The van der Waals surface area contributed by atoms with Crippen molar-refractivity contribution in [1.82, 2.24) is 10.2 Å². The maximum Gasteiger partial charge on any atom is 0.573 e. The molecule has 0 spiro atoms. The molecule has 1 aliphatic heterocycles. The third-order valence-corrected chi connectivity index (χ3v) is 5.69. The van der Waals surface area contributed by atoms with Crippen LogP contribution in [0.3, 0.4) is 0 Å². The van der Waals surface area contributed by atoms with Crippen molar-refractivity contribution in [3.63, 3.8) is 0 Å². The number of carbonyl (C=O) groups excluding carboxylic acids is 2. The van der Waals surface area contributed by atoms with Gasteiger partial charge in [0.15, 0.2) is 0 Å². The van der Waals surface area contributed by atoms with E-state index in [9.17, 15) is 27.6 Å². The lowest BCUT2D eigenvalue weighted by atomic mass is 10.0. The van der Waals surface area contributed by atoms with Gasteiger partial charge in [-0.15, -0.1) is 13.2 Å². The van der Waals surface area contributed by atoms with Crippen LogP contribution in [0.25, 0.3) is 11.1 Å². The van der Waals surface area contributed by atoms with E-state index in [0.29, 0.717) is 18.7 Å². The summed E-state index contributed by atoms with van der Waals surface area (Å²) in [7, 11) is 0. The van der Waals surface area contributed by atoms with Crippen LogP contribution in [-0.2, 0) is 9.59 Å². The van der Waals surface area contributed by atoms with Crippen molar-refractivity contribution in [3.05, 3.63) is 47.5 Å². The van der Waals surface area contributed by atoms with E-state index in [0.717, 1.165) is 12.8 Å². The number of alkyl halides is 3. The van der Waals surface area contributed by atoms with Gasteiger partial charge in [0.05, 0.1) is 5.02 Å². The summed E-state index contributed by atoms with van der Waals surface area (Å²) in [6, 6.07) is 9.20. The van der Waals surface area contributed by atoms with E-state index in [1.165, 1.54) is 41.3 Å². The second-order valence-electron chi connectivity index (χ2n) is 7.81. The van der Waals surface area contributed by atoms with Crippen molar-refractivity contribution in [2.45, 2.75) is 38.1 Å². The highest BCUT2D eigenvalue weighted by atomic mass is 35.5. The number of likely N-dealkylation sites (tertiary alicyclic amines) is 1. The van der Waals surface area contributed by atoms with Crippen LogP contribution in [-0.4, -0.2) is 53.4 Å². The Morgan fingerprint density at radius 1 is 1.11 bits per heavy atom. The van der Waals surface area contributed by atoms with Crippen LogP contribution in [0.15, 0.2) is 42.5 Å². The standard InChI is InChI=1S/C23H23ClF3N3O5/c24-17-13-14(8-9-15(17)16-5-1-2-7-19(16)35-23(25,26)27)29-21(32)18-6-3-4-12-30(18)20(31)10-11-28-22(33)34/h1-2,5,7-9,13,18,28H,3-4,6,10-12H2,(H,29,32)(H,33,34)/t18-/m1/s1. The number of rotatable bonds is 7. The van der Waals surface area contributed by atoms with Gasteiger partial charge in [-0.2, -0.15) is 0 Å². The summed E-state index contributed by atoms with van der Waals surface area (Å²) in [5.41, 5.74) is 0.722. The Bertz CT molecular complexity index is 1100. The molecular formula is C23H23ClF3N3O5. The van der Waals surface area contributed by atoms with Crippen molar-refractivity contribution in [3.8, 4) is 16.9 Å². The minimum Gasteiger partial charge on any atom is -0.465 e. The quantitative estimate of drug-likeness (QED) is 0.489. The average molecular weight is 514 g/mol. The molecule has 0 aliphatic carbocycles. The van der Waals surface area contributed by atoms with Crippen molar-refractivity contribution >= 4 is 35.2 Å². The van der Waals surface area contributed by atoms with E-state index in [4.69, 9.17) is 16.7 Å². The summed E-state index contributed by atoms with van der Waals surface area (Å²) in [6.45, 7) is 0.315. The van der Waals surface area contributed by atoms with E-state index in [1.54, 1.807) is 6.07 Å². The maximum atomic E-state index is 12.9. The molecule has 3 rings (SSSR count). The second-order valence-corrected chi connectivity index (χ2v) is 8.22. The maximum absolute atomic E-state index is 12.9. The first-order chi connectivity index (χ1) is 16.5. The largest absolute Gasteiger partial charge is 0.573 e. The SMILES string of the molecule is O=C(O)NCCC(=O)N1CCCC[C@@H]1C(=O)Nc1ccc(-c2ccccc2OC(F)(F)F)c(Cl)c1. The number of halogens is 4. The number of amides is 3. The normalized spacial score (nSPS) is 15.9. The molecule has 3 amide bonds. The molecule has 1 heterocycles. The van der Waals surface area contributed by atoms with E-state index >= 15 is 0 Å². The van der Waals surface area contributed by atoms with Crippen LogP contribution < -0.4 is 15.4 Å².